The molecule has 0 atom stereocenters. The van der Waals surface area contributed by atoms with E-state index in [9.17, 15) is 18.0 Å². The molecular weight excluding hydrogens is 455 g/mol. The lowest BCUT2D eigenvalue weighted by atomic mass is 10.1. The van der Waals surface area contributed by atoms with Gasteiger partial charge in [-0.2, -0.15) is 22.5 Å². The average molecular weight is 469 g/mol. The Bertz CT molecular complexity index is 1260. The molecule has 3 aromatic heterocycles. The Morgan fingerprint density at radius 3 is 2.58 bits per heavy atom. The van der Waals surface area contributed by atoms with Crippen LogP contribution in [0.2, 0.25) is 0 Å². The van der Waals surface area contributed by atoms with Crippen molar-refractivity contribution < 1.29 is 22.6 Å². The topological polar surface area (TPSA) is 84.1 Å². The summed E-state index contributed by atoms with van der Waals surface area (Å²) in [7, 11) is 2.94. The molecule has 31 heavy (non-hydrogen) atoms. The molecule has 0 amide bonds. The molecule has 4 aromatic rings. The number of aryl methyl sites for hydroxylation is 1. The summed E-state index contributed by atoms with van der Waals surface area (Å²) in [4.78, 5) is 17.3. The number of alkyl halides is 3. The van der Waals surface area contributed by atoms with Crippen LogP contribution in [0, 0.1) is 0 Å². The molecule has 1 aromatic carbocycles. The highest BCUT2D eigenvalue weighted by Gasteiger charge is 2.30. The van der Waals surface area contributed by atoms with Gasteiger partial charge in [0, 0.05) is 24.1 Å². The highest BCUT2D eigenvalue weighted by Crippen LogP contribution is 2.31. The minimum Gasteiger partial charge on any atom is -0.467 e. The summed E-state index contributed by atoms with van der Waals surface area (Å²) in [5.74, 6) is 0.269. The minimum atomic E-state index is -4.40. The van der Waals surface area contributed by atoms with Crippen LogP contribution < -0.4 is 15.2 Å². The number of ether oxygens (including phenoxy) is 2. The number of hydrogen-bond acceptors (Lipinski definition) is 8. The number of rotatable bonds is 6. The lowest BCUT2D eigenvalue weighted by molar-refractivity contribution is -0.137. The van der Waals surface area contributed by atoms with E-state index < -0.39 is 11.7 Å². The van der Waals surface area contributed by atoms with Gasteiger partial charge in [-0.1, -0.05) is 12.1 Å². The highest BCUT2D eigenvalue weighted by atomic mass is 32.1. The fraction of sp³-hybridized carbons (Fsp3) is 0.222. The summed E-state index contributed by atoms with van der Waals surface area (Å²) in [6.45, 7) is 0.110. The molecule has 0 aliphatic rings. The zero-order valence-corrected chi connectivity index (χ0v) is 17.7. The maximum atomic E-state index is 12.7. The number of nitrogens with zero attached hydrogens (tertiary/aromatic N) is 5. The maximum absolute atomic E-state index is 12.7. The van der Waals surface area contributed by atoms with E-state index in [-0.39, 0.29) is 29.3 Å². The fourth-order valence-electron chi connectivity index (χ4n) is 2.74. The second kappa shape index (κ2) is 8.15. The Morgan fingerprint density at radius 1 is 1.16 bits per heavy atom. The van der Waals surface area contributed by atoms with Gasteiger partial charge in [0.1, 0.15) is 6.61 Å². The lowest BCUT2D eigenvalue weighted by Crippen LogP contribution is -2.22. The number of benzene rings is 1. The van der Waals surface area contributed by atoms with Gasteiger partial charge in [0.25, 0.3) is 5.19 Å². The van der Waals surface area contributed by atoms with Crippen LogP contribution in [-0.2, 0) is 19.8 Å². The van der Waals surface area contributed by atoms with Crippen molar-refractivity contribution in [2.24, 2.45) is 7.05 Å². The molecule has 13 heteroatoms. The third-order valence-corrected chi connectivity index (χ3v) is 5.76. The van der Waals surface area contributed by atoms with Crippen molar-refractivity contribution in [1.82, 2.24) is 23.7 Å². The van der Waals surface area contributed by atoms with Gasteiger partial charge in [0.15, 0.2) is 5.82 Å². The van der Waals surface area contributed by atoms with Crippen LogP contribution in [0.3, 0.4) is 0 Å². The Labute approximate surface area is 181 Å². The van der Waals surface area contributed by atoms with E-state index in [4.69, 9.17) is 9.47 Å². The van der Waals surface area contributed by atoms with Gasteiger partial charge in [-0.15, -0.1) is 16.4 Å². The van der Waals surface area contributed by atoms with Crippen molar-refractivity contribution in [2.45, 2.75) is 12.8 Å². The van der Waals surface area contributed by atoms with E-state index in [2.05, 4.69) is 14.5 Å². The zero-order valence-electron chi connectivity index (χ0n) is 16.1. The molecule has 0 spiro atoms. The molecule has 0 bridgehead atoms. The van der Waals surface area contributed by atoms with Gasteiger partial charge < -0.3 is 9.47 Å². The number of hydrogen-bond donors (Lipinski definition) is 0. The quantitative estimate of drug-likeness (QED) is 0.428. The van der Waals surface area contributed by atoms with Crippen molar-refractivity contribution in [3.8, 4) is 28.3 Å². The number of methoxy groups -OCH3 is 1. The molecule has 0 aliphatic carbocycles. The standard InChI is InChI=1S/C18H14F3N5O3S2/c1-25-17(27)26(15(23-25)28-2)12-7-8-30-13(12)9-29-16-22-14(24-31-16)10-3-5-11(6-4-10)18(19,20)21/h3-8H,9H2,1-2H3. The second-order valence-electron chi connectivity index (χ2n) is 6.20. The van der Waals surface area contributed by atoms with Crippen LogP contribution >= 0.6 is 22.9 Å². The third-order valence-electron chi connectivity index (χ3n) is 4.24. The van der Waals surface area contributed by atoms with Gasteiger partial charge >= 0.3 is 17.9 Å². The molecule has 0 aliphatic heterocycles. The van der Waals surface area contributed by atoms with Crippen LogP contribution in [0.1, 0.15) is 10.4 Å². The van der Waals surface area contributed by atoms with E-state index in [1.54, 1.807) is 11.4 Å². The van der Waals surface area contributed by atoms with Gasteiger partial charge in [-0.05, 0) is 23.6 Å². The molecule has 3 heterocycles. The normalized spacial score (nSPS) is 11.6. The second-order valence-corrected chi connectivity index (χ2v) is 7.92. The summed E-state index contributed by atoms with van der Waals surface area (Å²) in [6, 6.07) is 6.48. The van der Waals surface area contributed by atoms with Crippen LogP contribution in [0.5, 0.6) is 11.2 Å². The monoisotopic (exact) mass is 469 g/mol. The van der Waals surface area contributed by atoms with E-state index in [0.717, 1.165) is 28.5 Å². The summed E-state index contributed by atoms with van der Waals surface area (Å²) in [5.41, 5.74) is -0.0822. The SMILES string of the molecule is COc1nn(C)c(=O)n1-c1ccsc1COc1nc(-c2ccc(C(F)(F)F)cc2)ns1. The van der Waals surface area contributed by atoms with Gasteiger partial charge in [-0.3, -0.25) is 0 Å². The van der Waals surface area contributed by atoms with Gasteiger partial charge in [0.2, 0.25) is 0 Å². The largest absolute Gasteiger partial charge is 0.467 e. The van der Waals surface area contributed by atoms with Crippen LogP contribution in [0.25, 0.3) is 17.1 Å². The van der Waals surface area contributed by atoms with E-state index >= 15 is 0 Å². The Morgan fingerprint density at radius 2 is 1.90 bits per heavy atom. The van der Waals surface area contributed by atoms with Crippen molar-refractivity contribution in [1.29, 1.82) is 0 Å². The molecule has 0 N–H and O–H groups in total. The fourth-order valence-corrected chi connectivity index (χ4v) is 4.06. The average Bonchev–Trinajstić information content (AvgIpc) is 3.45. The molecule has 4 rings (SSSR count). The van der Waals surface area contributed by atoms with Crippen molar-refractivity contribution >= 4 is 22.9 Å². The van der Waals surface area contributed by atoms with Gasteiger partial charge in [-0.25, -0.2) is 14.0 Å². The van der Waals surface area contributed by atoms with E-state index in [1.165, 1.54) is 46.9 Å². The Hall–Kier alpha value is -3.19. The molecule has 0 unspecified atom stereocenters. The maximum Gasteiger partial charge on any atom is 0.416 e. The minimum absolute atomic E-state index is 0.110. The molecule has 0 saturated carbocycles. The van der Waals surface area contributed by atoms with Crippen molar-refractivity contribution in [2.75, 3.05) is 7.11 Å². The summed E-state index contributed by atoms with van der Waals surface area (Å²) >= 11 is 2.36. The first-order valence-electron chi connectivity index (χ1n) is 8.69. The summed E-state index contributed by atoms with van der Waals surface area (Å²) in [5, 5.41) is 6.08. The molecule has 162 valence electrons. The first-order valence-corrected chi connectivity index (χ1v) is 10.3. The highest BCUT2D eigenvalue weighted by molar-refractivity contribution is 7.10. The molecule has 0 radical (unpaired) electrons. The first-order chi connectivity index (χ1) is 14.8. The van der Waals surface area contributed by atoms with Crippen LogP contribution in [0.4, 0.5) is 13.2 Å². The Kier molecular flexibility index (Phi) is 5.54. The zero-order chi connectivity index (χ0) is 22.2. The molecule has 0 saturated heterocycles. The van der Waals surface area contributed by atoms with Crippen molar-refractivity contribution in [3.63, 3.8) is 0 Å². The Balaban J connectivity index is 1.51. The van der Waals surface area contributed by atoms with Crippen LogP contribution in [0.15, 0.2) is 40.5 Å². The number of thiophene rings is 1. The molecule has 8 nitrogen and oxygen atoms in total. The predicted molar refractivity (Wildman–Crippen MR) is 108 cm³/mol. The van der Waals surface area contributed by atoms with Gasteiger partial charge in [0.05, 0.1) is 23.2 Å². The van der Waals surface area contributed by atoms with E-state index in [0.29, 0.717) is 11.3 Å². The van der Waals surface area contributed by atoms with Crippen LogP contribution in [-0.4, -0.2) is 30.8 Å². The lowest BCUT2D eigenvalue weighted by Gasteiger charge is -2.06. The smallest absolute Gasteiger partial charge is 0.416 e. The third kappa shape index (κ3) is 4.18. The summed E-state index contributed by atoms with van der Waals surface area (Å²) < 4.78 is 55.7. The summed E-state index contributed by atoms with van der Waals surface area (Å²) in [6.07, 6.45) is -4.40. The molecule has 0 fully saturated rings. The van der Waals surface area contributed by atoms with Crippen molar-refractivity contribution in [3.05, 3.63) is 56.6 Å². The first kappa shape index (κ1) is 21.1. The molecular formula is C18H14F3N5O3S2. The number of halogens is 3. The predicted octanol–water partition coefficient (Wildman–Crippen LogP) is 3.76. The number of aromatic nitrogens is 5. The van der Waals surface area contributed by atoms with E-state index in [1.807, 2.05) is 0 Å².